The van der Waals surface area contributed by atoms with E-state index < -0.39 is 5.97 Å². The van der Waals surface area contributed by atoms with Crippen LogP contribution in [-0.2, 0) is 4.79 Å². The molecule has 88 valence electrons. The van der Waals surface area contributed by atoms with E-state index in [1.807, 2.05) is 0 Å². The molecule has 1 aliphatic rings. The third kappa shape index (κ3) is 5.17. The van der Waals surface area contributed by atoms with Crippen molar-refractivity contribution in [3.05, 3.63) is 0 Å². The predicted molar refractivity (Wildman–Crippen MR) is 61.0 cm³/mol. The highest BCUT2D eigenvalue weighted by Crippen LogP contribution is 2.15. The molecule has 0 spiro atoms. The van der Waals surface area contributed by atoms with E-state index >= 15 is 0 Å². The summed E-state index contributed by atoms with van der Waals surface area (Å²) in [4.78, 5) is 13.0. The normalized spacial score (nSPS) is 21.7. The number of hydrogen-bond acceptors (Lipinski definition) is 2. The first-order valence-electron chi connectivity index (χ1n) is 6.16. The molecule has 1 saturated heterocycles. The van der Waals surface area contributed by atoms with Crippen LogP contribution in [0.2, 0.25) is 0 Å². The molecule has 0 saturated carbocycles. The van der Waals surface area contributed by atoms with Crippen molar-refractivity contribution in [2.75, 3.05) is 13.1 Å². The van der Waals surface area contributed by atoms with Crippen LogP contribution in [0.4, 0.5) is 0 Å². The van der Waals surface area contributed by atoms with Gasteiger partial charge < -0.3 is 10.0 Å². The molecule has 0 radical (unpaired) electrons. The van der Waals surface area contributed by atoms with Crippen molar-refractivity contribution in [2.45, 2.75) is 57.9 Å². The number of rotatable bonds is 4. The number of carboxylic acid groups (broad SMARTS) is 1. The Morgan fingerprint density at radius 3 is 2.27 bits per heavy atom. The molecule has 3 nitrogen and oxygen atoms in total. The van der Waals surface area contributed by atoms with Crippen molar-refractivity contribution in [1.29, 1.82) is 0 Å². The number of nitrogens with zero attached hydrogens (tertiary/aromatic N) is 1. The zero-order valence-electron chi connectivity index (χ0n) is 9.74. The Hall–Kier alpha value is -0.570. The fraction of sp³-hybridized carbons (Fsp3) is 0.917. The zero-order chi connectivity index (χ0) is 11.1. The molecule has 1 heterocycles. The first-order chi connectivity index (χ1) is 7.20. The zero-order valence-corrected chi connectivity index (χ0v) is 9.74. The standard InChI is InChI=1S/C12H23NO2/c1-11(7-8-12(14)15)13-9-5-3-2-4-6-10-13/h11H,2-10H2,1H3,(H,14,15). The van der Waals surface area contributed by atoms with E-state index in [1.165, 1.54) is 32.1 Å². The van der Waals surface area contributed by atoms with E-state index in [0.717, 1.165) is 19.5 Å². The van der Waals surface area contributed by atoms with Crippen molar-refractivity contribution < 1.29 is 9.90 Å². The van der Waals surface area contributed by atoms with Gasteiger partial charge in [-0.05, 0) is 39.3 Å². The second kappa shape index (κ2) is 6.83. The van der Waals surface area contributed by atoms with E-state index in [4.69, 9.17) is 5.11 Å². The molecule has 3 heteroatoms. The molecule has 0 aromatic rings. The first kappa shape index (κ1) is 12.5. The van der Waals surface area contributed by atoms with Gasteiger partial charge in [0.2, 0.25) is 0 Å². The summed E-state index contributed by atoms with van der Waals surface area (Å²) in [6.07, 6.45) is 7.68. The lowest BCUT2D eigenvalue weighted by Crippen LogP contribution is -2.35. The Morgan fingerprint density at radius 2 is 1.73 bits per heavy atom. The molecule has 1 aliphatic heterocycles. The van der Waals surface area contributed by atoms with Crippen molar-refractivity contribution in [3.8, 4) is 0 Å². The fourth-order valence-electron chi connectivity index (χ4n) is 2.23. The van der Waals surface area contributed by atoms with Crippen LogP contribution in [0.5, 0.6) is 0 Å². The highest BCUT2D eigenvalue weighted by atomic mass is 16.4. The van der Waals surface area contributed by atoms with Crippen molar-refractivity contribution >= 4 is 5.97 Å². The van der Waals surface area contributed by atoms with Crippen LogP contribution in [0.25, 0.3) is 0 Å². The van der Waals surface area contributed by atoms with Gasteiger partial charge in [-0.25, -0.2) is 0 Å². The number of aliphatic carboxylic acids is 1. The molecule has 15 heavy (non-hydrogen) atoms. The van der Waals surface area contributed by atoms with Crippen LogP contribution in [0.1, 0.15) is 51.9 Å². The molecule has 0 aliphatic carbocycles. The van der Waals surface area contributed by atoms with Crippen molar-refractivity contribution in [3.63, 3.8) is 0 Å². The van der Waals surface area contributed by atoms with Crippen LogP contribution in [0.15, 0.2) is 0 Å². The Balaban J connectivity index is 2.28. The smallest absolute Gasteiger partial charge is 0.303 e. The summed E-state index contributed by atoms with van der Waals surface area (Å²) in [6.45, 7) is 4.46. The van der Waals surface area contributed by atoms with E-state index in [1.54, 1.807) is 0 Å². The average molecular weight is 213 g/mol. The highest BCUT2D eigenvalue weighted by molar-refractivity contribution is 5.66. The van der Waals surface area contributed by atoms with Gasteiger partial charge >= 0.3 is 5.97 Å². The minimum atomic E-state index is -0.672. The highest BCUT2D eigenvalue weighted by Gasteiger charge is 2.15. The maximum Gasteiger partial charge on any atom is 0.303 e. The second-order valence-corrected chi connectivity index (χ2v) is 4.59. The Kier molecular flexibility index (Phi) is 5.69. The van der Waals surface area contributed by atoms with Gasteiger partial charge in [0, 0.05) is 12.5 Å². The minimum absolute atomic E-state index is 0.303. The second-order valence-electron chi connectivity index (χ2n) is 4.59. The summed E-state index contributed by atoms with van der Waals surface area (Å²) in [6, 6.07) is 0.430. The predicted octanol–water partition coefficient (Wildman–Crippen LogP) is 2.51. The molecule has 1 atom stereocenters. The maximum atomic E-state index is 10.5. The van der Waals surface area contributed by atoms with Gasteiger partial charge in [-0.1, -0.05) is 19.3 Å². The average Bonchev–Trinajstić information content (AvgIpc) is 2.13. The van der Waals surface area contributed by atoms with Gasteiger partial charge in [-0.2, -0.15) is 0 Å². The van der Waals surface area contributed by atoms with Crippen LogP contribution < -0.4 is 0 Å². The molecule has 1 rings (SSSR count). The van der Waals surface area contributed by atoms with Crippen LogP contribution in [0.3, 0.4) is 0 Å². The van der Waals surface area contributed by atoms with Gasteiger partial charge in [0.15, 0.2) is 0 Å². The maximum absolute atomic E-state index is 10.5. The third-order valence-corrected chi connectivity index (χ3v) is 3.29. The summed E-state index contributed by atoms with van der Waals surface area (Å²) in [5.74, 6) is -0.672. The fourth-order valence-corrected chi connectivity index (χ4v) is 2.23. The number of carboxylic acids is 1. The third-order valence-electron chi connectivity index (χ3n) is 3.29. The number of hydrogen-bond donors (Lipinski definition) is 1. The Morgan fingerprint density at radius 1 is 1.20 bits per heavy atom. The number of likely N-dealkylation sites (tertiary alicyclic amines) is 1. The molecule has 1 unspecified atom stereocenters. The quantitative estimate of drug-likeness (QED) is 0.780. The molecular formula is C12H23NO2. The molecule has 0 aromatic heterocycles. The SMILES string of the molecule is CC(CCC(=O)O)N1CCCCCCC1. The summed E-state index contributed by atoms with van der Waals surface area (Å²) in [7, 11) is 0. The monoisotopic (exact) mass is 213 g/mol. The lowest BCUT2D eigenvalue weighted by atomic mass is 10.1. The van der Waals surface area contributed by atoms with Crippen LogP contribution in [0, 0.1) is 0 Å². The largest absolute Gasteiger partial charge is 0.481 e. The van der Waals surface area contributed by atoms with Crippen molar-refractivity contribution in [1.82, 2.24) is 4.90 Å². The van der Waals surface area contributed by atoms with Crippen molar-refractivity contribution in [2.24, 2.45) is 0 Å². The van der Waals surface area contributed by atoms with Gasteiger partial charge in [-0.15, -0.1) is 0 Å². The summed E-state index contributed by atoms with van der Waals surface area (Å²) < 4.78 is 0. The molecular weight excluding hydrogens is 190 g/mol. The van der Waals surface area contributed by atoms with Crippen LogP contribution >= 0.6 is 0 Å². The Bertz CT molecular complexity index is 186. The topological polar surface area (TPSA) is 40.5 Å². The van der Waals surface area contributed by atoms with Gasteiger partial charge in [0.1, 0.15) is 0 Å². The number of carbonyl (C=O) groups is 1. The Labute approximate surface area is 92.5 Å². The van der Waals surface area contributed by atoms with Gasteiger partial charge in [-0.3, -0.25) is 4.79 Å². The van der Waals surface area contributed by atoms with Gasteiger partial charge in [0.05, 0.1) is 0 Å². The molecule has 1 fully saturated rings. The van der Waals surface area contributed by atoms with E-state index in [0.29, 0.717) is 12.5 Å². The van der Waals surface area contributed by atoms with Crippen LogP contribution in [-0.4, -0.2) is 35.1 Å². The van der Waals surface area contributed by atoms with E-state index in [2.05, 4.69) is 11.8 Å². The van der Waals surface area contributed by atoms with Gasteiger partial charge in [0.25, 0.3) is 0 Å². The summed E-state index contributed by atoms with van der Waals surface area (Å²) in [5.41, 5.74) is 0. The molecule has 1 N–H and O–H groups in total. The summed E-state index contributed by atoms with van der Waals surface area (Å²) >= 11 is 0. The van der Waals surface area contributed by atoms with E-state index in [-0.39, 0.29) is 0 Å². The lowest BCUT2D eigenvalue weighted by Gasteiger charge is -2.30. The minimum Gasteiger partial charge on any atom is -0.481 e. The first-order valence-corrected chi connectivity index (χ1v) is 6.16. The molecule has 0 aromatic carbocycles. The molecule has 0 bridgehead atoms. The summed E-state index contributed by atoms with van der Waals surface area (Å²) in [5, 5.41) is 8.64. The lowest BCUT2D eigenvalue weighted by molar-refractivity contribution is -0.137. The van der Waals surface area contributed by atoms with E-state index in [9.17, 15) is 4.79 Å². The molecule has 0 amide bonds.